The van der Waals surface area contributed by atoms with Crippen LogP contribution in [0.1, 0.15) is 52.5 Å². The fourth-order valence-corrected chi connectivity index (χ4v) is 4.01. The summed E-state index contributed by atoms with van der Waals surface area (Å²) in [6.07, 6.45) is 1.72. The molecule has 3 rings (SSSR count). The smallest absolute Gasteiger partial charge is 0.409 e. The van der Waals surface area contributed by atoms with Crippen LogP contribution in [-0.4, -0.2) is 51.3 Å². The molecule has 1 saturated heterocycles. The fraction of sp³-hybridized carbons (Fsp3) is 0.600. The first-order valence-corrected chi connectivity index (χ1v) is 10.5. The van der Waals surface area contributed by atoms with Gasteiger partial charge in [0, 0.05) is 37.9 Å². The number of carbonyl (C=O) groups is 1. The lowest BCUT2D eigenvalue weighted by atomic mass is 9.82. The number of likely N-dealkylation sites (tertiary alicyclic amines) is 1. The van der Waals surface area contributed by atoms with Crippen molar-refractivity contribution in [1.82, 2.24) is 4.90 Å². The number of rotatable bonds is 2. The number of hydrogen-bond acceptors (Lipinski definition) is 5. The Morgan fingerprint density at radius 2 is 2.00 bits per heavy atom. The minimum atomic E-state index is -1.33. The van der Waals surface area contributed by atoms with Crippen molar-refractivity contribution in [2.75, 3.05) is 19.7 Å². The minimum absolute atomic E-state index is 0.272. The lowest BCUT2D eigenvalue weighted by Gasteiger charge is -2.44. The summed E-state index contributed by atoms with van der Waals surface area (Å²) in [5.74, 6) is 0.776. The summed E-state index contributed by atoms with van der Waals surface area (Å²) in [6, 6.07) is 7.78. The number of amides is 1. The number of hydrogen-bond donors (Lipinski definition) is 0. The van der Waals surface area contributed by atoms with Gasteiger partial charge in [0.25, 0.3) is 0 Å². The second-order valence-corrected chi connectivity index (χ2v) is 9.95. The van der Waals surface area contributed by atoms with Crippen molar-refractivity contribution in [2.24, 2.45) is 4.40 Å². The zero-order valence-corrected chi connectivity index (χ0v) is 17.3. The Morgan fingerprint density at radius 1 is 1.33 bits per heavy atom. The van der Waals surface area contributed by atoms with Gasteiger partial charge in [0.05, 0.1) is 6.61 Å². The Kier molecular flexibility index (Phi) is 5.72. The van der Waals surface area contributed by atoms with E-state index in [4.69, 9.17) is 9.47 Å². The Bertz CT molecular complexity index is 721. The van der Waals surface area contributed by atoms with E-state index < -0.39 is 21.7 Å². The summed E-state index contributed by atoms with van der Waals surface area (Å²) in [5, 5.41) is 0. The number of piperidine rings is 1. The van der Waals surface area contributed by atoms with E-state index in [0.717, 1.165) is 17.0 Å². The van der Waals surface area contributed by atoms with Crippen LogP contribution in [0.15, 0.2) is 28.7 Å². The van der Waals surface area contributed by atoms with Crippen LogP contribution >= 0.6 is 0 Å². The second-order valence-electron chi connectivity index (χ2n) is 8.04. The number of para-hydroxylation sites is 1. The number of ether oxygens (including phenoxy) is 2. The number of nitrogens with zero attached hydrogens (tertiary/aromatic N) is 2. The van der Waals surface area contributed by atoms with Crippen molar-refractivity contribution in [3.05, 3.63) is 29.8 Å². The second kappa shape index (κ2) is 7.72. The lowest BCUT2D eigenvalue weighted by Crippen LogP contribution is -2.52. The van der Waals surface area contributed by atoms with E-state index in [1.54, 1.807) is 4.90 Å². The van der Waals surface area contributed by atoms with Crippen molar-refractivity contribution in [3.63, 3.8) is 0 Å². The van der Waals surface area contributed by atoms with Gasteiger partial charge in [-0.1, -0.05) is 16.5 Å². The maximum absolute atomic E-state index is 12.6. The third-order valence-electron chi connectivity index (χ3n) is 4.93. The molecule has 27 heavy (non-hydrogen) atoms. The molecule has 2 heterocycles. The van der Waals surface area contributed by atoms with Crippen LogP contribution in [0.2, 0.25) is 0 Å². The molecule has 2 aliphatic heterocycles. The Morgan fingerprint density at radius 3 is 2.63 bits per heavy atom. The third kappa shape index (κ3) is 4.41. The van der Waals surface area contributed by atoms with E-state index >= 15 is 0 Å². The van der Waals surface area contributed by atoms with Crippen LogP contribution in [0.4, 0.5) is 4.79 Å². The molecule has 0 aliphatic carbocycles. The SMILES string of the molecule is CCOC(=O)N1CCC2(CC1)CC(=N[S+]([O-])C(C)(C)C)c1ccccc1O2. The summed E-state index contributed by atoms with van der Waals surface area (Å²) >= 11 is -1.33. The number of benzene rings is 1. The molecule has 1 atom stereocenters. The molecule has 0 radical (unpaired) electrons. The van der Waals surface area contributed by atoms with E-state index in [0.29, 0.717) is 39.0 Å². The average Bonchev–Trinajstić information content (AvgIpc) is 2.61. The topological polar surface area (TPSA) is 74.2 Å². The van der Waals surface area contributed by atoms with Crippen LogP contribution in [0, 0.1) is 0 Å². The van der Waals surface area contributed by atoms with Crippen LogP contribution in [-0.2, 0) is 16.1 Å². The maximum Gasteiger partial charge on any atom is 0.409 e. The van der Waals surface area contributed by atoms with Gasteiger partial charge in [-0.15, -0.1) is 0 Å². The van der Waals surface area contributed by atoms with Crippen LogP contribution in [0.5, 0.6) is 5.75 Å². The highest BCUT2D eigenvalue weighted by Crippen LogP contribution is 2.40. The molecular formula is C20H28N2O4S. The van der Waals surface area contributed by atoms with Gasteiger partial charge in [-0.05, 0) is 39.8 Å². The Hall–Kier alpha value is -1.73. The van der Waals surface area contributed by atoms with Gasteiger partial charge in [-0.25, -0.2) is 4.79 Å². The van der Waals surface area contributed by atoms with Crippen molar-refractivity contribution in [1.29, 1.82) is 0 Å². The standard InChI is InChI=1S/C20H28N2O4S/c1-5-25-18(23)22-12-10-20(11-13-22)14-16(21-27(24)19(2,3)4)15-8-6-7-9-17(15)26-20/h6-9H,5,10-14H2,1-4H3. The highest BCUT2D eigenvalue weighted by Gasteiger charge is 2.44. The average molecular weight is 393 g/mol. The summed E-state index contributed by atoms with van der Waals surface area (Å²) in [5.41, 5.74) is 1.32. The molecule has 1 aromatic carbocycles. The van der Waals surface area contributed by atoms with Gasteiger partial charge in [0.1, 0.15) is 33.2 Å². The summed E-state index contributed by atoms with van der Waals surface area (Å²) in [6.45, 7) is 9.11. The van der Waals surface area contributed by atoms with Gasteiger partial charge in [-0.2, -0.15) is 0 Å². The molecule has 0 aromatic heterocycles. The largest absolute Gasteiger partial charge is 0.591 e. The van der Waals surface area contributed by atoms with E-state index in [9.17, 15) is 9.35 Å². The first kappa shape index (κ1) is 20.0. The van der Waals surface area contributed by atoms with E-state index in [1.807, 2.05) is 52.0 Å². The van der Waals surface area contributed by atoms with Crippen LogP contribution < -0.4 is 4.74 Å². The number of carbonyl (C=O) groups excluding carboxylic acids is 1. The monoisotopic (exact) mass is 392 g/mol. The van der Waals surface area contributed by atoms with Gasteiger partial charge in [-0.3, -0.25) is 0 Å². The first-order valence-electron chi connectivity index (χ1n) is 9.44. The van der Waals surface area contributed by atoms with Crippen LogP contribution in [0.3, 0.4) is 0 Å². The maximum atomic E-state index is 12.6. The molecular weight excluding hydrogens is 364 g/mol. The molecule has 6 nitrogen and oxygen atoms in total. The van der Waals surface area contributed by atoms with Crippen molar-refractivity contribution >= 4 is 23.2 Å². The zero-order valence-electron chi connectivity index (χ0n) is 16.5. The molecule has 1 aromatic rings. The molecule has 1 spiro atoms. The minimum Gasteiger partial charge on any atom is -0.591 e. The Labute approximate surface area is 164 Å². The normalized spacial score (nSPS) is 21.5. The lowest BCUT2D eigenvalue weighted by molar-refractivity contribution is 0.00230. The quantitative estimate of drug-likeness (QED) is 0.719. The van der Waals surface area contributed by atoms with Gasteiger partial charge >= 0.3 is 6.09 Å². The fourth-order valence-electron chi connectivity index (χ4n) is 3.37. The summed E-state index contributed by atoms with van der Waals surface area (Å²) in [7, 11) is 0. The zero-order chi connectivity index (χ0) is 19.7. The molecule has 7 heteroatoms. The molecule has 1 unspecified atom stereocenters. The summed E-state index contributed by atoms with van der Waals surface area (Å²) < 4.78 is 28.3. The van der Waals surface area contributed by atoms with Crippen LogP contribution in [0.25, 0.3) is 0 Å². The molecule has 1 amide bonds. The highest BCUT2D eigenvalue weighted by molar-refractivity contribution is 7.91. The van der Waals surface area contributed by atoms with Crippen molar-refractivity contribution in [2.45, 2.75) is 57.3 Å². The summed E-state index contributed by atoms with van der Waals surface area (Å²) in [4.78, 5) is 13.7. The van der Waals surface area contributed by atoms with Crippen molar-refractivity contribution in [3.8, 4) is 5.75 Å². The highest BCUT2D eigenvalue weighted by atomic mass is 32.2. The molecule has 0 N–H and O–H groups in total. The third-order valence-corrected chi connectivity index (χ3v) is 6.37. The predicted octanol–water partition coefficient (Wildman–Crippen LogP) is 3.71. The molecule has 148 valence electrons. The van der Waals surface area contributed by atoms with Gasteiger partial charge in [0.15, 0.2) is 0 Å². The van der Waals surface area contributed by atoms with E-state index in [2.05, 4.69) is 4.40 Å². The number of fused-ring (bicyclic) bond motifs is 1. The molecule has 0 saturated carbocycles. The van der Waals surface area contributed by atoms with Gasteiger partial charge in [0.2, 0.25) is 0 Å². The van der Waals surface area contributed by atoms with Gasteiger partial charge < -0.3 is 18.9 Å². The first-order chi connectivity index (χ1) is 12.7. The van der Waals surface area contributed by atoms with E-state index in [1.165, 1.54) is 0 Å². The molecule has 2 aliphatic rings. The van der Waals surface area contributed by atoms with E-state index in [-0.39, 0.29) is 6.09 Å². The van der Waals surface area contributed by atoms with Crippen molar-refractivity contribution < 1.29 is 18.8 Å². The molecule has 0 bridgehead atoms. The Balaban J connectivity index is 1.84. The molecule has 1 fully saturated rings. The predicted molar refractivity (Wildman–Crippen MR) is 107 cm³/mol.